The molecule has 0 amide bonds. The molecular formula is C18H21N2O6PS. The first-order chi connectivity index (χ1) is 13.2. The fourth-order valence-corrected chi connectivity index (χ4v) is 7.33. The largest absolute Gasteiger partial charge is 0.465 e. The molecular weight excluding hydrogens is 403 g/mol. The zero-order chi connectivity index (χ0) is 20.5. The van der Waals surface area contributed by atoms with Crippen molar-refractivity contribution >= 4 is 29.4 Å². The number of hydrogen-bond donors (Lipinski definition) is 0. The minimum Gasteiger partial charge on any atom is -0.465 e. The number of nitrogens with zero attached hydrogens (tertiary/aromatic N) is 2. The highest BCUT2D eigenvalue weighted by Gasteiger charge is 2.52. The lowest BCUT2D eigenvalue weighted by molar-refractivity contribution is -0.143. The Kier molecular flexibility index (Phi) is 5.52. The van der Waals surface area contributed by atoms with E-state index < -0.39 is 23.7 Å². The van der Waals surface area contributed by atoms with Gasteiger partial charge in [0.1, 0.15) is 12.2 Å². The molecule has 3 rings (SSSR count). The molecule has 150 valence electrons. The number of esters is 1. The molecule has 1 unspecified atom stereocenters. The van der Waals surface area contributed by atoms with Crippen LogP contribution in [-0.4, -0.2) is 39.3 Å². The van der Waals surface area contributed by atoms with Gasteiger partial charge in [-0.1, -0.05) is 29.8 Å². The lowest BCUT2D eigenvalue weighted by atomic mass is 10.2. The van der Waals surface area contributed by atoms with E-state index in [1.165, 1.54) is 31.3 Å². The Morgan fingerprint density at radius 2 is 1.82 bits per heavy atom. The highest BCUT2D eigenvalue weighted by atomic mass is 32.2. The Hall–Kier alpha value is -2.35. The lowest BCUT2D eigenvalue weighted by Crippen LogP contribution is -2.36. The SMILES string of the molecule is CCOC(=O)CN(C)P1(=O)Oc2ccccc2N1S(=O)(=O)c1ccc(C)cc1. The van der Waals surface area contributed by atoms with Gasteiger partial charge in [0.2, 0.25) is 0 Å². The van der Waals surface area contributed by atoms with Gasteiger partial charge in [0.25, 0.3) is 10.0 Å². The van der Waals surface area contributed by atoms with Crippen LogP contribution >= 0.6 is 7.67 Å². The summed E-state index contributed by atoms with van der Waals surface area (Å²) < 4.78 is 52.9. The highest BCUT2D eigenvalue weighted by Crippen LogP contribution is 2.65. The number of anilines is 1. The summed E-state index contributed by atoms with van der Waals surface area (Å²) in [5.74, 6) is -0.468. The molecule has 0 aromatic heterocycles. The molecule has 0 saturated heterocycles. The first-order valence-electron chi connectivity index (χ1n) is 8.58. The van der Waals surface area contributed by atoms with Crippen LogP contribution in [0.4, 0.5) is 5.69 Å². The number of likely N-dealkylation sites (N-methyl/N-ethyl adjacent to an activating group) is 1. The summed E-state index contributed by atoms with van der Waals surface area (Å²) >= 11 is 0. The van der Waals surface area contributed by atoms with E-state index in [4.69, 9.17) is 9.26 Å². The predicted octanol–water partition coefficient (Wildman–Crippen LogP) is 3.19. The second-order valence-corrected chi connectivity index (χ2v) is 10.5. The summed E-state index contributed by atoms with van der Waals surface area (Å²) in [6.45, 7) is 3.25. The van der Waals surface area contributed by atoms with Gasteiger partial charge in [-0.2, -0.15) is 8.75 Å². The molecule has 0 radical (unpaired) electrons. The Labute approximate surface area is 164 Å². The monoisotopic (exact) mass is 424 g/mol. The van der Waals surface area contributed by atoms with Gasteiger partial charge in [-0.05, 0) is 45.2 Å². The van der Waals surface area contributed by atoms with Gasteiger partial charge < -0.3 is 9.26 Å². The Balaban J connectivity index is 2.09. The quantitative estimate of drug-likeness (QED) is 0.519. The third-order valence-corrected chi connectivity index (χ3v) is 9.06. The minimum absolute atomic E-state index is 0.0248. The van der Waals surface area contributed by atoms with Crippen LogP contribution in [0.3, 0.4) is 0 Å². The van der Waals surface area contributed by atoms with E-state index in [1.807, 2.05) is 6.92 Å². The normalized spacial score (nSPS) is 18.6. The molecule has 28 heavy (non-hydrogen) atoms. The second-order valence-electron chi connectivity index (χ2n) is 6.23. The number of hydrogen-bond acceptors (Lipinski definition) is 6. The molecule has 0 fully saturated rings. The third kappa shape index (κ3) is 3.53. The van der Waals surface area contributed by atoms with E-state index in [1.54, 1.807) is 31.2 Å². The number of fused-ring (bicyclic) bond motifs is 1. The maximum atomic E-state index is 13.8. The van der Waals surface area contributed by atoms with Crippen molar-refractivity contribution in [3.05, 3.63) is 54.1 Å². The summed E-state index contributed by atoms with van der Waals surface area (Å²) in [7, 11) is -7.01. The second kappa shape index (κ2) is 7.58. The molecule has 0 N–H and O–H groups in total. The van der Waals surface area contributed by atoms with Gasteiger partial charge in [-0.3, -0.25) is 4.79 Å². The molecule has 10 heteroatoms. The van der Waals surface area contributed by atoms with Crippen molar-refractivity contribution in [1.82, 2.24) is 4.67 Å². The van der Waals surface area contributed by atoms with Crippen LogP contribution in [0.25, 0.3) is 0 Å². The minimum atomic E-state index is -4.22. The number of ether oxygens (including phenoxy) is 1. The van der Waals surface area contributed by atoms with Gasteiger partial charge in [-0.15, -0.1) is 0 Å². The number of para-hydroxylation sites is 2. The number of sulfonamides is 1. The zero-order valence-electron chi connectivity index (χ0n) is 15.7. The van der Waals surface area contributed by atoms with E-state index in [9.17, 15) is 17.8 Å². The van der Waals surface area contributed by atoms with Crippen molar-refractivity contribution in [2.24, 2.45) is 0 Å². The highest BCUT2D eigenvalue weighted by molar-refractivity contribution is 8.00. The van der Waals surface area contributed by atoms with Crippen LogP contribution in [-0.2, 0) is 24.1 Å². The van der Waals surface area contributed by atoms with Gasteiger partial charge >= 0.3 is 13.6 Å². The Bertz CT molecular complexity index is 1040. The molecule has 1 heterocycles. The van der Waals surface area contributed by atoms with Crippen molar-refractivity contribution in [3.8, 4) is 5.75 Å². The number of carbonyl (C=O) groups is 1. The molecule has 2 aromatic carbocycles. The summed E-state index contributed by atoms with van der Waals surface area (Å²) in [5.41, 5.74) is 1.04. The van der Waals surface area contributed by atoms with Crippen LogP contribution in [0, 0.1) is 6.92 Å². The topological polar surface area (TPSA) is 93.2 Å². The smallest absolute Gasteiger partial charge is 0.436 e. The van der Waals surface area contributed by atoms with Gasteiger partial charge in [0.15, 0.2) is 5.75 Å². The van der Waals surface area contributed by atoms with Crippen molar-refractivity contribution < 1.29 is 27.0 Å². The Morgan fingerprint density at radius 3 is 2.46 bits per heavy atom. The fourth-order valence-electron chi connectivity index (χ4n) is 2.76. The third-order valence-electron chi connectivity index (χ3n) is 4.16. The van der Waals surface area contributed by atoms with E-state index in [-0.39, 0.29) is 29.5 Å². The van der Waals surface area contributed by atoms with Crippen LogP contribution in [0.2, 0.25) is 0 Å². The van der Waals surface area contributed by atoms with E-state index >= 15 is 0 Å². The molecule has 0 saturated carbocycles. The number of benzene rings is 2. The number of rotatable bonds is 6. The molecule has 8 nitrogen and oxygen atoms in total. The molecule has 2 aromatic rings. The van der Waals surface area contributed by atoms with E-state index in [0.29, 0.717) is 0 Å². The van der Waals surface area contributed by atoms with Crippen LogP contribution < -0.4 is 8.60 Å². The molecule has 0 bridgehead atoms. The van der Waals surface area contributed by atoms with Gasteiger partial charge in [-0.25, -0.2) is 13.0 Å². The molecule has 1 atom stereocenters. The van der Waals surface area contributed by atoms with Crippen LogP contribution in [0.5, 0.6) is 5.75 Å². The fraction of sp³-hybridized carbons (Fsp3) is 0.278. The standard InChI is InChI=1S/C18H21N2O6PS/c1-4-25-18(21)13-19(3)27(22)20(16-7-5-6-8-17(16)26-27)28(23,24)15-11-9-14(2)10-12-15/h5-12H,4,13H2,1-3H3. The maximum Gasteiger partial charge on any atom is 0.436 e. The first kappa shape index (κ1) is 20.4. The van der Waals surface area contributed by atoms with Crippen molar-refractivity contribution in [3.63, 3.8) is 0 Å². The van der Waals surface area contributed by atoms with Crippen molar-refractivity contribution in [1.29, 1.82) is 0 Å². The van der Waals surface area contributed by atoms with Crippen LogP contribution in [0.15, 0.2) is 53.4 Å². The number of carbonyl (C=O) groups excluding carboxylic acids is 1. The van der Waals surface area contributed by atoms with E-state index in [2.05, 4.69) is 0 Å². The van der Waals surface area contributed by atoms with Crippen molar-refractivity contribution in [2.45, 2.75) is 18.7 Å². The Morgan fingerprint density at radius 1 is 1.18 bits per heavy atom. The summed E-state index contributed by atoms with van der Waals surface area (Å²) in [4.78, 5) is 11.9. The molecule has 0 aliphatic carbocycles. The zero-order valence-corrected chi connectivity index (χ0v) is 17.4. The van der Waals surface area contributed by atoms with Crippen LogP contribution in [0.1, 0.15) is 12.5 Å². The number of aryl methyl sites for hydroxylation is 1. The van der Waals surface area contributed by atoms with Gasteiger partial charge in [0, 0.05) is 0 Å². The predicted molar refractivity (Wildman–Crippen MR) is 105 cm³/mol. The average Bonchev–Trinajstić information content (AvgIpc) is 2.96. The maximum absolute atomic E-state index is 13.8. The van der Waals surface area contributed by atoms with E-state index in [0.717, 1.165) is 14.3 Å². The average molecular weight is 424 g/mol. The molecule has 0 spiro atoms. The van der Waals surface area contributed by atoms with Crippen molar-refractivity contribution in [2.75, 3.05) is 24.3 Å². The van der Waals surface area contributed by atoms with Gasteiger partial charge in [0.05, 0.1) is 11.5 Å². The summed E-state index contributed by atoms with van der Waals surface area (Å²) in [5, 5.41) is 0. The summed E-state index contributed by atoms with van der Waals surface area (Å²) in [6, 6.07) is 12.5. The first-order valence-corrected chi connectivity index (χ1v) is 11.6. The summed E-state index contributed by atoms with van der Waals surface area (Å²) in [6.07, 6.45) is 0. The molecule has 1 aliphatic rings. The molecule has 1 aliphatic heterocycles. The lowest BCUT2D eigenvalue weighted by Gasteiger charge is -2.29.